The largest absolute Gasteiger partial charge is 0.208 e. The van der Waals surface area contributed by atoms with Crippen LogP contribution >= 0.6 is 0 Å². The van der Waals surface area contributed by atoms with Crippen LogP contribution in [-0.4, -0.2) is 15.0 Å². The van der Waals surface area contributed by atoms with Crippen molar-refractivity contribution in [3.05, 3.63) is 139 Å². The van der Waals surface area contributed by atoms with E-state index in [4.69, 9.17) is 15.0 Å². The highest BCUT2D eigenvalue weighted by atomic mass is 15.0. The van der Waals surface area contributed by atoms with E-state index in [2.05, 4.69) is 97.1 Å². The molecule has 0 saturated heterocycles. The molecule has 5 aromatic carbocycles. The number of nitrogens with zero attached hydrogens (tertiary/aromatic N) is 4. The van der Waals surface area contributed by atoms with E-state index >= 15 is 0 Å². The minimum absolute atomic E-state index is 0.356. The zero-order valence-electron chi connectivity index (χ0n) is 26.9. The van der Waals surface area contributed by atoms with Gasteiger partial charge in [0.05, 0.1) is 11.6 Å². The molecule has 0 amide bonds. The molecule has 0 atom stereocenters. The molecule has 48 heavy (non-hydrogen) atoms. The summed E-state index contributed by atoms with van der Waals surface area (Å²) in [5.41, 5.74) is 9.83. The smallest absolute Gasteiger partial charge is 0.164 e. The number of hydrogen-bond acceptors (Lipinski definition) is 4. The lowest BCUT2D eigenvalue weighted by atomic mass is 9.48. The molecule has 0 N–H and O–H groups in total. The lowest BCUT2D eigenvalue weighted by Crippen LogP contribution is -2.48. The van der Waals surface area contributed by atoms with Crippen LogP contribution in [0.4, 0.5) is 0 Å². The molecular weight excluding hydrogens is 585 g/mol. The van der Waals surface area contributed by atoms with Crippen LogP contribution in [0.5, 0.6) is 0 Å². The predicted octanol–water partition coefficient (Wildman–Crippen LogP) is 10.5. The summed E-state index contributed by atoms with van der Waals surface area (Å²) in [6.45, 7) is 0. The molecule has 4 bridgehead atoms. The lowest BCUT2D eigenvalue weighted by molar-refractivity contribution is -0.00518. The second kappa shape index (κ2) is 11.7. The van der Waals surface area contributed by atoms with Crippen molar-refractivity contribution in [3.63, 3.8) is 0 Å². The van der Waals surface area contributed by atoms with Crippen LogP contribution in [0.3, 0.4) is 0 Å². The van der Waals surface area contributed by atoms with E-state index in [1.165, 1.54) is 49.7 Å². The van der Waals surface area contributed by atoms with Gasteiger partial charge in [0.2, 0.25) is 0 Å². The monoisotopic (exact) mass is 620 g/mol. The van der Waals surface area contributed by atoms with Crippen LogP contribution in [0.2, 0.25) is 0 Å². The van der Waals surface area contributed by atoms with Gasteiger partial charge in [0.25, 0.3) is 0 Å². The van der Waals surface area contributed by atoms with Crippen molar-refractivity contribution in [2.45, 2.75) is 43.9 Å². The summed E-state index contributed by atoms with van der Waals surface area (Å²) in [4.78, 5) is 15.2. The van der Waals surface area contributed by atoms with Gasteiger partial charge < -0.3 is 0 Å². The number of benzene rings is 5. The van der Waals surface area contributed by atoms with Gasteiger partial charge in [0.1, 0.15) is 0 Å². The van der Waals surface area contributed by atoms with E-state index in [9.17, 15) is 5.26 Å². The molecule has 1 aromatic heterocycles. The Morgan fingerprint density at radius 2 is 0.896 bits per heavy atom. The first-order chi connectivity index (χ1) is 23.6. The summed E-state index contributed by atoms with van der Waals surface area (Å²) < 4.78 is 0. The van der Waals surface area contributed by atoms with Crippen molar-refractivity contribution in [1.29, 1.82) is 5.26 Å². The Kier molecular flexibility index (Phi) is 7.01. The molecule has 0 aliphatic heterocycles. The molecule has 6 aromatic rings. The van der Waals surface area contributed by atoms with Gasteiger partial charge >= 0.3 is 0 Å². The molecule has 4 nitrogen and oxygen atoms in total. The molecule has 4 heteroatoms. The van der Waals surface area contributed by atoms with Crippen molar-refractivity contribution in [2.24, 2.45) is 17.8 Å². The molecule has 4 aliphatic rings. The van der Waals surface area contributed by atoms with E-state index in [1.54, 1.807) is 0 Å². The Hall–Kier alpha value is -5.40. The van der Waals surface area contributed by atoms with Gasteiger partial charge in [0.15, 0.2) is 17.5 Å². The summed E-state index contributed by atoms with van der Waals surface area (Å²) in [6.07, 6.45) is 8.41. The third kappa shape index (κ3) is 5.30. The number of nitriles is 1. The van der Waals surface area contributed by atoms with Gasteiger partial charge in [-0.1, -0.05) is 109 Å². The minimum Gasteiger partial charge on any atom is -0.208 e. The molecule has 4 fully saturated rings. The summed E-state index contributed by atoms with van der Waals surface area (Å²) in [5, 5.41) is 9.26. The normalized spacial score (nSPS) is 22.4. The summed E-state index contributed by atoms with van der Waals surface area (Å²) in [5.74, 6) is 4.73. The highest BCUT2D eigenvalue weighted by Crippen LogP contribution is 2.60. The molecule has 4 aliphatic carbocycles. The minimum atomic E-state index is 0.356. The number of hydrogen-bond donors (Lipinski definition) is 0. The van der Waals surface area contributed by atoms with E-state index < -0.39 is 0 Å². The maximum Gasteiger partial charge on any atom is 0.164 e. The van der Waals surface area contributed by atoms with E-state index in [-0.39, 0.29) is 0 Å². The SMILES string of the molecule is N#Cc1ccc(-c2cccc(-c3nc(-c4ccc(-c5ccccc5)cc4)nc(-c4ccc(C56C[C@H]7C[C@@H](C5)C[C@@H](C6)C7)cc4)n3)c2)cc1. The summed E-state index contributed by atoms with van der Waals surface area (Å²) >= 11 is 0. The fourth-order valence-corrected chi connectivity index (χ4v) is 9.22. The molecule has 1 heterocycles. The third-order valence-electron chi connectivity index (χ3n) is 11.1. The fourth-order valence-electron chi connectivity index (χ4n) is 9.22. The Balaban J connectivity index is 1.10. The van der Waals surface area contributed by atoms with Crippen molar-refractivity contribution in [1.82, 2.24) is 15.0 Å². The van der Waals surface area contributed by atoms with Gasteiger partial charge in [-0.15, -0.1) is 0 Å². The number of rotatable bonds is 6. The average Bonchev–Trinajstić information content (AvgIpc) is 3.15. The van der Waals surface area contributed by atoms with Crippen LogP contribution < -0.4 is 0 Å². The summed E-state index contributed by atoms with van der Waals surface area (Å²) in [7, 11) is 0. The van der Waals surface area contributed by atoms with Crippen LogP contribution in [0, 0.1) is 29.1 Å². The maximum atomic E-state index is 9.26. The van der Waals surface area contributed by atoms with E-state index in [0.717, 1.165) is 51.1 Å². The zero-order chi connectivity index (χ0) is 32.1. The molecule has 4 saturated carbocycles. The zero-order valence-corrected chi connectivity index (χ0v) is 26.9. The van der Waals surface area contributed by atoms with Crippen molar-refractivity contribution in [3.8, 4) is 62.5 Å². The van der Waals surface area contributed by atoms with Crippen LogP contribution in [0.1, 0.15) is 49.7 Å². The first-order valence-corrected chi connectivity index (χ1v) is 17.2. The van der Waals surface area contributed by atoms with Crippen molar-refractivity contribution < 1.29 is 0 Å². The van der Waals surface area contributed by atoms with Crippen LogP contribution in [0.25, 0.3) is 56.4 Å². The highest BCUT2D eigenvalue weighted by Gasteiger charge is 2.51. The van der Waals surface area contributed by atoms with Crippen LogP contribution in [0.15, 0.2) is 127 Å². The standard InChI is InChI=1S/C44H36N4/c45-28-29-9-11-35(12-10-29)38-7-4-8-39(24-38)43-47-41(36-15-13-34(14-16-36)33-5-2-1-3-6-33)46-42(48-43)37-17-19-40(20-18-37)44-25-30-21-31(26-44)23-32(22-30)27-44/h1-20,24,30-32H,21-23,25-27H2/t30-,31+,32-,44?. The first-order valence-electron chi connectivity index (χ1n) is 17.2. The van der Waals surface area contributed by atoms with Gasteiger partial charge in [-0.05, 0) is 108 Å². The third-order valence-corrected chi connectivity index (χ3v) is 11.1. The molecular formula is C44H36N4. The maximum absolute atomic E-state index is 9.26. The molecule has 232 valence electrons. The average molecular weight is 621 g/mol. The lowest BCUT2D eigenvalue weighted by Gasteiger charge is -2.57. The van der Waals surface area contributed by atoms with Gasteiger partial charge in [0, 0.05) is 16.7 Å². The van der Waals surface area contributed by atoms with Crippen molar-refractivity contribution in [2.75, 3.05) is 0 Å². The fraction of sp³-hybridized carbons (Fsp3) is 0.227. The molecule has 0 radical (unpaired) electrons. The van der Waals surface area contributed by atoms with Gasteiger partial charge in [-0.25, -0.2) is 15.0 Å². The van der Waals surface area contributed by atoms with E-state index in [1.807, 2.05) is 36.4 Å². The second-order valence-electron chi connectivity index (χ2n) is 14.3. The quantitative estimate of drug-likeness (QED) is 0.186. The van der Waals surface area contributed by atoms with Crippen molar-refractivity contribution >= 4 is 0 Å². The first kappa shape index (κ1) is 28.8. The second-order valence-corrected chi connectivity index (χ2v) is 14.3. The molecule has 10 rings (SSSR count). The number of aromatic nitrogens is 3. The van der Waals surface area contributed by atoms with Crippen LogP contribution in [-0.2, 0) is 5.41 Å². The predicted molar refractivity (Wildman–Crippen MR) is 192 cm³/mol. The highest BCUT2D eigenvalue weighted by molar-refractivity contribution is 5.74. The van der Waals surface area contributed by atoms with Gasteiger partial charge in [-0.3, -0.25) is 0 Å². The topological polar surface area (TPSA) is 62.5 Å². The van der Waals surface area contributed by atoms with Gasteiger partial charge in [-0.2, -0.15) is 5.26 Å². The Morgan fingerprint density at radius 3 is 1.48 bits per heavy atom. The Bertz CT molecular complexity index is 2110. The Labute approximate surface area is 282 Å². The Morgan fingerprint density at radius 1 is 0.458 bits per heavy atom. The molecule has 0 spiro atoms. The molecule has 0 unspecified atom stereocenters. The summed E-state index contributed by atoms with van der Waals surface area (Å²) in [6, 6.07) is 46.3. The van der Waals surface area contributed by atoms with E-state index in [0.29, 0.717) is 28.5 Å².